The molecule has 1 amide bonds. The Morgan fingerprint density at radius 1 is 1.36 bits per heavy atom. The number of rotatable bonds is 5. The van der Waals surface area contributed by atoms with E-state index in [2.05, 4.69) is 10.6 Å². The van der Waals surface area contributed by atoms with Crippen molar-refractivity contribution < 1.29 is 14.3 Å². The summed E-state index contributed by atoms with van der Waals surface area (Å²) < 4.78 is 10.8. The van der Waals surface area contributed by atoms with Crippen LogP contribution >= 0.6 is 12.4 Å². The number of ether oxygens (including phenoxy) is 2. The van der Waals surface area contributed by atoms with Crippen molar-refractivity contribution in [1.29, 1.82) is 0 Å². The van der Waals surface area contributed by atoms with Gasteiger partial charge in [0.05, 0.1) is 19.3 Å². The van der Waals surface area contributed by atoms with Gasteiger partial charge in [0.2, 0.25) is 5.91 Å². The lowest BCUT2D eigenvalue weighted by Gasteiger charge is -2.33. The summed E-state index contributed by atoms with van der Waals surface area (Å²) in [6.07, 6.45) is 3.05. The molecule has 2 rings (SSSR count). The average molecular weight is 329 g/mol. The third-order valence-corrected chi connectivity index (χ3v) is 3.84. The van der Waals surface area contributed by atoms with Crippen LogP contribution in [0, 0.1) is 0 Å². The highest BCUT2D eigenvalue weighted by Gasteiger charge is 2.34. The van der Waals surface area contributed by atoms with Crippen molar-refractivity contribution >= 4 is 24.0 Å². The number of benzene rings is 1. The summed E-state index contributed by atoms with van der Waals surface area (Å²) in [5.41, 5.74) is 0.221. The van der Waals surface area contributed by atoms with Crippen LogP contribution in [0.15, 0.2) is 18.2 Å². The molecule has 1 aromatic rings. The maximum absolute atomic E-state index is 12.5. The molecule has 1 aliphatic rings. The summed E-state index contributed by atoms with van der Waals surface area (Å²) in [4.78, 5) is 12.5. The molecule has 1 saturated heterocycles. The molecule has 1 aliphatic heterocycles. The van der Waals surface area contributed by atoms with Gasteiger partial charge in [0, 0.05) is 11.8 Å². The fourth-order valence-corrected chi connectivity index (χ4v) is 2.54. The van der Waals surface area contributed by atoms with Crippen LogP contribution in [-0.4, -0.2) is 31.7 Å². The van der Waals surface area contributed by atoms with Gasteiger partial charge in [-0.2, -0.15) is 0 Å². The minimum atomic E-state index is -0.496. The van der Waals surface area contributed by atoms with E-state index < -0.39 is 5.54 Å². The molecule has 1 fully saturated rings. The second-order valence-corrected chi connectivity index (χ2v) is 5.47. The zero-order chi connectivity index (χ0) is 15.3. The molecule has 1 atom stereocenters. The molecular formula is C16H25ClN2O3. The van der Waals surface area contributed by atoms with Crippen LogP contribution in [0.5, 0.6) is 11.5 Å². The van der Waals surface area contributed by atoms with Gasteiger partial charge in [-0.15, -0.1) is 12.4 Å². The molecule has 22 heavy (non-hydrogen) atoms. The Morgan fingerprint density at radius 3 is 2.73 bits per heavy atom. The second-order valence-electron chi connectivity index (χ2n) is 5.47. The highest BCUT2D eigenvalue weighted by Crippen LogP contribution is 2.31. The second kappa shape index (κ2) is 8.25. The monoisotopic (exact) mass is 328 g/mol. The highest BCUT2D eigenvalue weighted by molar-refractivity contribution is 5.98. The van der Waals surface area contributed by atoms with E-state index in [1.165, 1.54) is 0 Å². The van der Waals surface area contributed by atoms with E-state index in [0.29, 0.717) is 23.8 Å². The van der Waals surface area contributed by atoms with E-state index in [-0.39, 0.29) is 18.3 Å². The van der Waals surface area contributed by atoms with Gasteiger partial charge < -0.3 is 20.1 Å². The van der Waals surface area contributed by atoms with Crippen LogP contribution < -0.4 is 20.1 Å². The van der Waals surface area contributed by atoms with Gasteiger partial charge in [0.1, 0.15) is 0 Å². The summed E-state index contributed by atoms with van der Waals surface area (Å²) in [6, 6.07) is 5.43. The van der Waals surface area contributed by atoms with Gasteiger partial charge in [-0.25, -0.2) is 0 Å². The minimum Gasteiger partial charge on any atom is -0.493 e. The number of halogens is 1. The van der Waals surface area contributed by atoms with Gasteiger partial charge in [-0.1, -0.05) is 0 Å². The topological polar surface area (TPSA) is 59.6 Å². The maximum Gasteiger partial charge on any atom is 0.244 e. The summed E-state index contributed by atoms with van der Waals surface area (Å²) >= 11 is 0. The number of hydrogen-bond acceptors (Lipinski definition) is 4. The van der Waals surface area contributed by atoms with Crippen LogP contribution in [-0.2, 0) is 4.79 Å². The molecule has 1 heterocycles. The van der Waals surface area contributed by atoms with Crippen molar-refractivity contribution in [3.63, 3.8) is 0 Å². The first-order chi connectivity index (χ1) is 10.1. The van der Waals surface area contributed by atoms with Crippen molar-refractivity contribution in [1.82, 2.24) is 5.32 Å². The summed E-state index contributed by atoms with van der Waals surface area (Å²) in [7, 11) is 1.59. The first-order valence-electron chi connectivity index (χ1n) is 7.46. The van der Waals surface area contributed by atoms with Crippen LogP contribution in [0.4, 0.5) is 5.69 Å². The predicted molar refractivity (Wildman–Crippen MR) is 90.3 cm³/mol. The number of methoxy groups -OCH3 is 1. The summed E-state index contributed by atoms with van der Waals surface area (Å²) in [5.74, 6) is 1.30. The number of amides is 1. The minimum absolute atomic E-state index is 0. The average Bonchev–Trinajstić information content (AvgIpc) is 2.49. The maximum atomic E-state index is 12.5. The molecule has 1 unspecified atom stereocenters. The molecular weight excluding hydrogens is 304 g/mol. The first kappa shape index (κ1) is 18.6. The Morgan fingerprint density at radius 2 is 2.14 bits per heavy atom. The number of piperidine rings is 1. The Hall–Kier alpha value is -1.46. The fraction of sp³-hybridized carbons (Fsp3) is 0.562. The third-order valence-electron chi connectivity index (χ3n) is 3.84. The lowest BCUT2D eigenvalue weighted by Crippen LogP contribution is -2.54. The van der Waals surface area contributed by atoms with Crippen molar-refractivity contribution in [3.05, 3.63) is 18.2 Å². The van der Waals surface area contributed by atoms with Crippen molar-refractivity contribution in [3.8, 4) is 11.5 Å². The zero-order valence-corrected chi connectivity index (χ0v) is 14.2. The SMILES string of the molecule is CCOc1ccc(NC(=O)C2(C)CCCCN2)cc1OC.Cl. The molecule has 0 aliphatic carbocycles. The van der Waals surface area contributed by atoms with E-state index in [4.69, 9.17) is 9.47 Å². The zero-order valence-electron chi connectivity index (χ0n) is 13.4. The van der Waals surface area contributed by atoms with Crippen LogP contribution in [0.1, 0.15) is 33.1 Å². The van der Waals surface area contributed by atoms with Gasteiger partial charge in [-0.3, -0.25) is 4.79 Å². The largest absolute Gasteiger partial charge is 0.493 e. The van der Waals surface area contributed by atoms with Crippen LogP contribution in [0.2, 0.25) is 0 Å². The van der Waals surface area contributed by atoms with Crippen molar-refractivity contribution in [2.75, 3.05) is 25.6 Å². The number of carbonyl (C=O) groups is 1. The van der Waals surface area contributed by atoms with Gasteiger partial charge in [0.15, 0.2) is 11.5 Å². The molecule has 0 spiro atoms. The van der Waals surface area contributed by atoms with Gasteiger partial charge >= 0.3 is 0 Å². The lowest BCUT2D eigenvalue weighted by molar-refractivity contribution is -0.122. The predicted octanol–water partition coefficient (Wildman–Crippen LogP) is 2.99. The van der Waals surface area contributed by atoms with E-state index in [1.807, 2.05) is 26.0 Å². The quantitative estimate of drug-likeness (QED) is 0.872. The molecule has 2 N–H and O–H groups in total. The Bertz CT molecular complexity index is 502. The number of anilines is 1. The lowest BCUT2D eigenvalue weighted by atomic mass is 9.90. The van der Waals surface area contributed by atoms with Crippen LogP contribution in [0.3, 0.4) is 0 Å². The van der Waals surface area contributed by atoms with Crippen molar-refractivity contribution in [2.45, 2.75) is 38.6 Å². The van der Waals surface area contributed by atoms with Gasteiger partial charge in [-0.05, 0) is 51.8 Å². The molecule has 6 heteroatoms. The molecule has 1 aromatic carbocycles. The first-order valence-corrected chi connectivity index (χ1v) is 7.46. The smallest absolute Gasteiger partial charge is 0.244 e. The molecule has 5 nitrogen and oxygen atoms in total. The Kier molecular flexibility index (Phi) is 6.97. The molecule has 0 bridgehead atoms. The number of nitrogens with one attached hydrogen (secondary N) is 2. The fourth-order valence-electron chi connectivity index (χ4n) is 2.54. The van der Waals surface area contributed by atoms with Crippen LogP contribution in [0.25, 0.3) is 0 Å². The molecule has 0 radical (unpaired) electrons. The van der Waals surface area contributed by atoms with E-state index in [9.17, 15) is 4.79 Å². The standard InChI is InChI=1S/C16H24N2O3.ClH/c1-4-21-13-8-7-12(11-14(13)20-3)18-15(19)16(2)9-5-6-10-17-16;/h7-8,11,17H,4-6,9-10H2,1-3H3,(H,18,19);1H. The molecule has 124 valence electrons. The van der Waals surface area contributed by atoms with Crippen molar-refractivity contribution in [2.24, 2.45) is 0 Å². The van der Waals surface area contributed by atoms with E-state index in [0.717, 1.165) is 25.8 Å². The summed E-state index contributed by atoms with van der Waals surface area (Å²) in [6.45, 7) is 5.33. The Balaban J connectivity index is 0.00000242. The van der Waals surface area contributed by atoms with E-state index in [1.54, 1.807) is 13.2 Å². The third kappa shape index (κ3) is 4.27. The Labute approximate surface area is 138 Å². The number of hydrogen-bond donors (Lipinski definition) is 2. The summed E-state index contributed by atoms with van der Waals surface area (Å²) in [5, 5.41) is 6.27. The number of carbonyl (C=O) groups excluding carboxylic acids is 1. The molecule has 0 saturated carbocycles. The van der Waals surface area contributed by atoms with Gasteiger partial charge in [0.25, 0.3) is 0 Å². The highest BCUT2D eigenvalue weighted by atomic mass is 35.5. The van der Waals surface area contributed by atoms with E-state index >= 15 is 0 Å². The molecule has 0 aromatic heterocycles. The normalized spacial score (nSPS) is 20.7.